The number of fused-ring (bicyclic) bond motifs is 1. The number of hydrogen-bond donors (Lipinski definition) is 1. The van der Waals surface area contributed by atoms with Crippen molar-refractivity contribution in [1.82, 2.24) is 0 Å². The fraction of sp³-hybridized carbons (Fsp3) is 0.0385. The number of ketones is 1. The zero-order valence-electron chi connectivity index (χ0n) is 16.5. The topological polar surface area (TPSA) is 47.6 Å². The van der Waals surface area contributed by atoms with E-state index in [1.165, 1.54) is 6.08 Å². The number of nitrogens with one attached hydrogen (secondary N) is 1. The number of carbonyl (C=O) groups is 1. The van der Waals surface area contributed by atoms with Crippen LogP contribution in [0.1, 0.15) is 10.4 Å². The summed E-state index contributed by atoms with van der Waals surface area (Å²) in [5.41, 5.74) is 1.41. The molecule has 0 spiro atoms. The van der Waals surface area contributed by atoms with Crippen molar-refractivity contribution in [3.63, 3.8) is 0 Å². The van der Waals surface area contributed by atoms with Crippen molar-refractivity contribution < 1.29 is 14.3 Å². The van der Waals surface area contributed by atoms with Gasteiger partial charge in [0.05, 0.1) is 12.8 Å². The Morgan fingerprint density at radius 3 is 2.27 bits per heavy atom. The first-order valence-electron chi connectivity index (χ1n) is 9.61. The number of carbonyl (C=O) groups excluding carboxylic acids is 1. The van der Waals surface area contributed by atoms with Crippen LogP contribution in [0.2, 0.25) is 0 Å². The first-order chi connectivity index (χ1) is 14.8. The molecule has 0 radical (unpaired) electrons. The second kappa shape index (κ2) is 8.97. The predicted octanol–water partition coefficient (Wildman–Crippen LogP) is 6.45. The van der Waals surface area contributed by atoms with Crippen LogP contribution in [0.15, 0.2) is 103 Å². The highest BCUT2D eigenvalue weighted by Crippen LogP contribution is 2.34. The lowest BCUT2D eigenvalue weighted by Crippen LogP contribution is -1.98. The summed E-state index contributed by atoms with van der Waals surface area (Å²) in [6, 6.07) is 28.6. The van der Waals surface area contributed by atoms with Gasteiger partial charge in [-0.15, -0.1) is 0 Å². The Kier molecular flexibility index (Phi) is 5.76. The van der Waals surface area contributed by atoms with E-state index < -0.39 is 0 Å². The smallest absolute Gasteiger partial charge is 0.187 e. The van der Waals surface area contributed by atoms with E-state index in [0.717, 1.165) is 16.5 Å². The summed E-state index contributed by atoms with van der Waals surface area (Å²) in [6.45, 7) is 0. The number of benzene rings is 4. The van der Waals surface area contributed by atoms with Crippen molar-refractivity contribution >= 4 is 22.2 Å². The van der Waals surface area contributed by atoms with Crippen LogP contribution in [-0.4, -0.2) is 12.9 Å². The van der Waals surface area contributed by atoms with E-state index in [0.29, 0.717) is 22.8 Å². The Balaban J connectivity index is 1.53. The number of anilines is 1. The summed E-state index contributed by atoms with van der Waals surface area (Å²) in [4.78, 5) is 12.7. The lowest BCUT2D eigenvalue weighted by atomic mass is 10.0. The van der Waals surface area contributed by atoms with Crippen molar-refractivity contribution in [2.75, 3.05) is 12.4 Å². The molecule has 0 unspecified atom stereocenters. The molecule has 4 rings (SSSR count). The lowest BCUT2D eigenvalue weighted by molar-refractivity contribution is 0.104. The molecule has 0 aliphatic carbocycles. The molecule has 0 aliphatic rings. The van der Waals surface area contributed by atoms with Crippen LogP contribution in [0.25, 0.3) is 10.8 Å². The Morgan fingerprint density at radius 1 is 0.767 bits per heavy atom. The molecule has 0 atom stereocenters. The van der Waals surface area contributed by atoms with Crippen LogP contribution in [-0.2, 0) is 0 Å². The summed E-state index contributed by atoms with van der Waals surface area (Å²) in [5.74, 6) is 1.82. The Bertz CT molecular complexity index is 1210. The maximum atomic E-state index is 12.7. The van der Waals surface area contributed by atoms with E-state index in [2.05, 4.69) is 5.32 Å². The number of rotatable bonds is 7. The van der Waals surface area contributed by atoms with E-state index in [1.54, 1.807) is 13.3 Å². The molecule has 30 heavy (non-hydrogen) atoms. The Labute approximate surface area is 175 Å². The highest BCUT2D eigenvalue weighted by Gasteiger charge is 2.09. The van der Waals surface area contributed by atoms with Gasteiger partial charge in [-0.25, -0.2) is 0 Å². The number of methoxy groups -OCH3 is 1. The standard InChI is InChI=1S/C26H21NO3/c1-29-25-15-6-7-16-26(25)30-24-14-5-4-13-22(24)27-18-17-23(28)21-12-8-10-19-9-2-3-11-20(19)21/h2-18,27H,1H3/b18-17+. The molecule has 4 nitrogen and oxygen atoms in total. The number of ether oxygens (including phenoxy) is 2. The van der Waals surface area contributed by atoms with E-state index >= 15 is 0 Å². The molecule has 0 aromatic heterocycles. The monoisotopic (exact) mass is 395 g/mol. The third-order valence-electron chi connectivity index (χ3n) is 4.70. The van der Waals surface area contributed by atoms with Crippen molar-refractivity contribution in [2.45, 2.75) is 0 Å². The van der Waals surface area contributed by atoms with Gasteiger partial charge in [0.1, 0.15) is 0 Å². The largest absolute Gasteiger partial charge is 0.493 e. The quantitative estimate of drug-likeness (QED) is 0.289. The maximum Gasteiger partial charge on any atom is 0.187 e. The highest BCUT2D eigenvalue weighted by molar-refractivity contribution is 6.13. The van der Waals surface area contributed by atoms with Gasteiger partial charge in [0.25, 0.3) is 0 Å². The van der Waals surface area contributed by atoms with Crippen LogP contribution in [0, 0.1) is 0 Å². The third-order valence-corrected chi connectivity index (χ3v) is 4.70. The maximum absolute atomic E-state index is 12.7. The first kappa shape index (κ1) is 19.3. The second-order valence-electron chi connectivity index (χ2n) is 6.62. The average Bonchev–Trinajstić information content (AvgIpc) is 2.80. The first-order valence-corrected chi connectivity index (χ1v) is 9.61. The molecule has 1 N–H and O–H groups in total. The van der Waals surface area contributed by atoms with E-state index in [-0.39, 0.29) is 5.78 Å². The molecule has 4 heteroatoms. The molecule has 0 bridgehead atoms. The fourth-order valence-electron chi connectivity index (χ4n) is 3.23. The second-order valence-corrected chi connectivity index (χ2v) is 6.62. The minimum absolute atomic E-state index is 0.0672. The van der Waals surface area contributed by atoms with Gasteiger partial charge in [-0.3, -0.25) is 4.79 Å². The minimum Gasteiger partial charge on any atom is -0.493 e. The Hall–Kier alpha value is -4.05. The summed E-state index contributed by atoms with van der Waals surface area (Å²) in [7, 11) is 1.61. The molecule has 4 aromatic carbocycles. The van der Waals surface area contributed by atoms with Crippen LogP contribution in [0.4, 0.5) is 5.69 Å². The van der Waals surface area contributed by atoms with Gasteiger partial charge < -0.3 is 14.8 Å². The van der Waals surface area contributed by atoms with Crippen molar-refractivity contribution in [2.24, 2.45) is 0 Å². The van der Waals surface area contributed by atoms with Gasteiger partial charge in [-0.05, 0) is 35.0 Å². The van der Waals surface area contributed by atoms with E-state index in [9.17, 15) is 4.79 Å². The van der Waals surface area contributed by atoms with Gasteiger partial charge in [0.2, 0.25) is 0 Å². The zero-order valence-corrected chi connectivity index (χ0v) is 16.5. The highest BCUT2D eigenvalue weighted by atomic mass is 16.5. The molecule has 148 valence electrons. The molecular weight excluding hydrogens is 374 g/mol. The van der Waals surface area contributed by atoms with Crippen molar-refractivity contribution in [1.29, 1.82) is 0 Å². The summed E-state index contributed by atoms with van der Waals surface area (Å²) >= 11 is 0. The van der Waals surface area contributed by atoms with E-state index in [1.807, 2.05) is 91.0 Å². The summed E-state index contributed by atoms with van der Waals surface area (Å²) < 4.78 is 11.4. The van der Waals surface area contributed by atoms with Crippen LogP contribution < -0.4 is 14.8 Å². The van der Waals surface area contributed by atoms with Crippen molar-refractivity contribution in [3.8, 4) is 17.2 Å². The van der Waals surface area contributed by atoms with Gasteiger partial charge >= 0.3 is 0 Å². The number of hydrogen-bond acceptors (Lipinski definition) is 4. The molecule has 4 aromatic rings. The summed E-state index contributed by atoms with van der Waals surface area (Å²) in [6.07, 6.45) is 3.16. The summed E-state index contributed by atoms with van der Waals surface area (Å²) in [5, 5.41) is 5.13. The van der Waals surface area contributed by atoms with Crippen LogP contribution >= 0.6 is 0 Å². The molecular formula is C26H21NO3. The fourth-order valence-corrected chi connectivity index (χ4v) is 3.23. The van der Waals surface area contributed by atoms with Gasteiger partial charge in [-0.2, -0.15) is 0 Å². The SMILES string of the molecule is COc1ccccc1Oc1ccccc1N/C=C/C(=O)c1cccc2ccccc12. The lowest BCUT2D eigenvalue weighted by Gasteiger charge is -2.13. The van der Waals surface area contributed by atoms with Gasteiger partial charge in [0, 0.05) is 17.8 Å². The molecule has 0 saturated carbocycles. The third kappa shape index (κ3) is 4.18. The molecule has 0 heterocycles. The van der Waals surface area contributed by atoms with Crippen LogP contribution in [0.3, 0.4) is 0 Å². The average molecular weight is 395 g/mol. The zero-order chi connectivity index (χ0) is 20.8. The van der Waals surface area contributed by atoms with Gasteiger partial charge in [0.15, 0.2) is 23.0 Å². The van der Waals surface area contributed by atoms with E-state index in [4.69, 9.17) is 9.47 Å². The molecule has 0 fully saturated rings. The van der Waals surface area contributed by atoms with Crippen molar-refractivity contribution in [3.05, 3.63) is 109 Å². The molecule has 0 saturated heterocycles. The number of para-hydroxylation sites is 4. The van der Waals surface area contributed by atoms with Gasteiger partial charge in [-0.1, -0.05) is 66.7 Å². The molecule has 0 aliphatic heterocycles. The Morgan fingerprint density at radius 2 is 1.43 bits per heavy atom. The predicted molar refractivity (Wildman–Crippen MR) is 121 cm³/mol. The number of allylic oxidation sites excluding steroid dienone is 1. The normalized spacial score (nSPS) is 10.8. The minimum atomic E-state index is -0.0672. The molecule has 0 amide bonds. The van der Waals surface area contributed by atoms with Crippen LogP contribution in [0.5, 0.6) is 17.2 Å².